The SMILES string of the molecule is COC(=O)C(Br)CSc1cc(Br)ccc1N. The van der Waals surface area contributed by atoms with Crippen LogP contribution < -0.4 is 5.73 Å². The second kappa shape index (κ2) is 6.51. The molecule has 0 saturated heterocycles. The van der Waals surface area contributed by atoms with Crippen molar-refractivity contribution >= 4 is 55.3 Å². The van der Waals surface area contributed by atoms with E-state index < -0.39 is 0 Å². The first-order valence-electron chi connectivity index (χ1n) is 4.44. The Kier molecular flexibility index (Phi) is 5.64. The Morgan fingerprint density at radius 2 is 2.31 bits per heavy atom. The second-order valence-electron chi connectivity index (χ2n) is 2.98. The fraction of sp³-hybridized carbons (Fsp3) is 0.300. The molecule has 88 valence electrons. The summed E-state index contributed by atoms with van der Waals surface area (Å²) in [6, 6.07) is 5.64. The van der Waals surface area contributed by atoms with E-state index in [2.05, 4.69) is 36.6 Å². The number of ether oxygens (including phenoxy) is 1. The van der Waals surface area contributed by atoms with Crippen LogP contribution in [0.5, 0.6) is 0 Å². The van der Waals surface area contributed by atoms with Crippen LogP contribution >= 0.6 is 43.6 Å². The van der Waals surface area contributed by atoms with E-state index in [9.17, 15) is 4.79 Å². The van der Waals surface area contributed by atoms with Gasteiger partial charge >= 0.3 is 5.97 Å². The van der Waals surface area contributed by atoms with Gasteiger partial charge in [-0.3, -0.25) is 4.79 Å². The van der Waals surface area contributed by atoms with E-state index in [4.69, 9.17) is 5.73 Å². The molecule has 16 heavy (non-hydrogen) atoms. The van der Waals surface area contributed by atoms with Gasteiger partial charge in [0, 0.05) is 20.8 Å². The molecule has 0 aliphatic heterocycles. The highest BCUT2D eigenvalue weighted by atomic mass is 79.9. The maximum Gasteiger partial charge on any atom is 0.320 e. The lowest BCUT2D eigenvalue weighted by molar-refractivity contribution is -0.139. The van der Waals surface area contributed by atoms with Gasteiger partial charge in [-0.1, -0.05) is 31.9 Å². The summed E-state index contributed by atoms with van der Waals surface area (Å²) in [5, 5.41) is 0. The lowest BCUT2D eigenvalue weighted by Crippen LogP contribution is -2.17. The molecule has 6 heteroatoms. The summed E-state index contributed by atoms with van der Waals surface area (Å²) in [4.78, 5) is 11.8. The molecule has 0 saturated carbocycles. The number of methoxy groups -OCH3 is 1. The lowest BCUT2D eigenvalue weighted by atomic mass is 10.3. The monoisotopic (exact) mass is 367 g/mol. The van der Waals surface area contributed by atoms with Crippen LogP contribution in [0, 0.1) is 0 Å². The number of hydrogen-bond acceptors (Lipinski definition) is 4. The number of thioether (sulfide) groups is 1. The zero-order chi connectivity index (χ0) is 12.1. The number of halogens is 2. The molecule has 3 nitrogen and oxygen atoms in total. The van der Waals surface area contributed by atoms with Crippen molar-refractivity contribution in [3.8, 4) is 0 Å². The standard InChI is InChI=1S/C10H11Br2NO2S/c1-15-10(14)7(12)5-16-9-4-6(11)2-3-8(9)13/h2-4,7H,5,13H2,1H3. The van der Waals surface area contributed by atoms with Crippen molar-refractivity contribution in [3.05, 3.63) is 22.7 Å². The molecule has 2 N–H and O–H groups in total. The average Bonchev–Trinajstić information content (AvgIpc) is 2.28. The first-order valence-corrected chi connectivity index (χ1v) is 7.13. The average molecular weight is 369 g/mol. The van der Waals surface area contributed by atoms with Gasteiger partial charge in [-0.2, -0.15) is 0 Å². The highest BCUT2D eigenvalue weighted by molar-refractivity contribution is 9.10. The van der Waals surface area contributed by atoms with Crippen LogP contribution in [0.25, 0.3) is 0 Å². The summed E-state index contributed by atoms with van der Waals surface area (Å²) >= 11 is 8.14. The van der Waals surface area contributed by atoms with Crippen molar-refractivity contribution in [2.24, 2.45) is 0 Å². The maximum absolute atomic E-state index is 11.2. The number of anilines is 1. The molecular formula is C10H11Br2NO2S. The highest BCUT2D eigenvalue weighted by Crippen LogP contribution is 2.29. The number of esters is 1. The van der Waals surface area contributed by atoms with Crippen LogP contribution in [-0.4, -0.2) is 23.7 Å². The van der Waals surface area contributed by atoms with Gasteiger partial charge in [-0.25, -0.2) is 0 Å². The number of benzene rings is 1. The molecule has 0 aromatic heterocycles. The number of rotatable bonds is 4. The third kappa shape index (κ3) is 3.99. The minimum Gasteiger partial charge on any atom is -0.468 e. The molecule has 0 amide bonds. The number of carbonyl (C=O) groups is 1. The van der Waals surface area contributed by atoms with E-state index in [1.807, 2.05) is 18.2 Å². The van der Waals surface area contributed by atoms with Gasteiger partial charge in [0.25, 0.3) is 0 Å². The molecule has 1 atom stereocenters. The normalized spacial score (nSPS) is 12.2. The van der Waals surface area contributed by atoms with Gasteiger partial charge in [0.2, 0.25) is 0 Å². The minimum atomic E-state index is -0.319. The van der Waals surface area contributed by atoms with E-state index in [1.165, 1.54) is 18.9 Å². The van der Waals surface area contributed by atoms with E-state index in [1.54, 1.807) is 0 Å². The number of nitrogens with two attached hydrogens (primary N) is 1. The molecule has 0 bridgehead atoms. The predicted molar refractivity (Wildman–Crippen MR) is 74.0 cm³/mol. The van der Waals surface area contributed by atoms with Crippen molar-refractivity contribution in [2.45, 2.75) is 9.72 Å². The fourth-order valence-corrected chi connectivity index (χ4v) is 3.00. The highest BCUT2D eigenvalue weighted by Gasteiger charge is 2.15. The van der Waals surface area contributed by atoms with Gasteiger partial charge in [-0.05, 0) is 18.2 Å². The Hall–Kier alpha value is -0.200. The summed E-state index contributed by atoms with van der Waals surface area (Å²) in [5.74, 6) is 0.300. The number of alkyl halides is 1. The topological polar surface area (TPSA) is 52.3 Å². The molecule has 0 aliphatic carbocycles. The van der Waals surface area contributed by atoms with Crippen LogP contribution in [0.15, 0.2) is 27.6 Å². The molecule has 0 spiro atoms. The van der Waals surface area contributed by atoms with E-state index >= 15 is 0 Å². The van der Waals surface area contributed by atoms with Crippen molar-refractivity contribution < 1.29 is 9.53 Å². The second-order valence-corrected chi connectivity index (χ2v) is 6.07. The zero-order valence-electron chi connectivity index (χ0n) is 8.57. The van der Waals surface area contributed by atoms with Crippen molar-refractivity contribution in [2.75, 3.05) is 18.6 Å². The third-order valence-electron chi connectivity index (χ3n) is 1.82. The largest absolute Gasteiger partial charge is 0.468 e. The van der Waals surface area contributed by atoms with Crippen molar-refractivity contribution in [1.82, 2.24) is 0 Å². The Morgan fingerprint density at radius 3 is 2.94 bits per heavy atom. The van der Waals surface area contributed by atoms with Crippen LogP contribution in [0.4, 0.5) is 5.69 Å². The molecule has 0 heterocycles. The minimum absolute atomic E-state index is 0.277. The lowest BCUT2D eigenvalue weighted by Gasteiger charge is -2.09. The summed E-state index contributed by atoms with van der Waals surface area (Å²) in [5.41, 5.74) is 6.52. The Bertz CT molecular complexity index is 387. The number of nitrogen functional groups attached to an aromatic ring is 1. The van der Waals surface area contributed by atoms with Gasteiger partial charge in [0.1, 0.15) is 4.83 Å². The first kappa shape index (κ1) is 13.9. The third-order valence-corrected chi connectivity index (χ3v) is 4.60. The molecule has 0 fully saturated rings. The van der Waals surface area contributed by atoms with Gasteiger partial charge in [0.05, 0.1) is 7.11 Å². The smallest absolute Gasteiger partial charge is 0.320 e. The Balaban J connectivity index is 2.60. The van der Waals surface area contributed by atoms with Gasteiger partial charge in [0.15, 0.2) is 0 Å². The molecule has 1 aromatic carbocycles. The van der Waals surface area contributed by atoms with Crippen molar-refractivity contribution in [1.29, 1.82) is 0 Å². The number of hydrogen-bond donors (Lipinski definition) is 1. The number of carbonyl (C=O) groups excluding carboxylic acids is 1. The molecule has 1 rings (SSSR count). The van der Waals surface area contributed by atoms with E-state index in [0.29, 0.717) is 11.4 Å². The van der Waals surface area contributed by atoms with Crippen LogP contribution in [0.2, 0.25) is 0 Å². The van der Waals surface area contributed by atoms with Crippen LogP contribution in [-0.2, 0) is 9.53 Å². The van der Waals surface area contributed by atoms with Crippen molar-refractivity contribution in [3.63, 3.8) is 0 Å². The zero-order valence-corrected chi connectivity index (χ0v) is 12.6. The summed E-state index contributed by atoms with van der Waals surface area (Å²) in [7, 11) is 1.37. The van der Waals surface area contributed by atoms with E-state index in [0.717, 1.165) is 9.37 Å². The summed E-state index contributed by atoms with van der Waals surface area (Å²) in [6.45, 7) is 0. The maximum atomic E-state index is 11.2. The van der Waals surface area contributed by atoms with Gasteiger partial charge < -0.3 is 10.5 Å². The fourth-order valence-electron chi connectivity index (χ4n) is 0.992. The first-order chi connectivity index (χ1) is 7.54. The molecule has 1 aromatic rings. The summed E-state index contributed by atoms with van der Waals surface area (Å²) in [6.07, 6.45) is 0. The Morgan fingerprint density at radius 1 is 1.62 bits per heavy atom. The molecular weight excluding hydrogens is 358 g/mol. The van der Waals surface area contributed by atoms with Crippen LogP contribution in [0.3, 0.4) is 0 Å². The Labute approximate surface area is 115 Å². The molecule has 0 radical (unpaired) electrons. The van der Waals surface area contributed by atoms with E-state index in [-0.39, 0.29) is 10.8 Å². The molecule has 1 unspecified atom stereocenters. The van der Waals surface area contributed by atoms with Gasteiger partial charge in [-0.15, -0.1) is 11.8 Å². The molecule has 0 aliphatic rings. The van der Waals surface area contributed by atoms with Crippen LogP contribution in [0.1, 0.15) is 0 Å². The quantitative estimate of drug-likeness (QED) is 0.384. The predicted octanol–water partition coefficient (Wildman–Crippen LogP) is 3.06. The summed E-state index contributed by atoms with van der Waals surface area (Å²) < 4.78 is 5.58.